The van der Waals surface area contributed by atoms with E-state index in [0.29, 0.717) is 4.90 Å². The van der Waals surface area contributed by atoms with Gasteiger partial charge in [-0.05, 0) is 31.2 Å². The van der Waals surface area contributed by atoms with Crippen molar-refractivity contribution in [2.75, 3.05) is 31.0 Å². The number of sulfone groups is 1. The predicted molar refractivity (Wildman–Crippen MR) is 116 cm³/mol. The molecule has 1 N–H and O–H groups in total. The number of nitrogens with zero attached hydrogens (tertiary/aromatic N) is 2. The van der Waals surface area contributed by atoms with E-state index in [4.69, 9.17) is 9.47 Å². The van der Waals surface area contributed by atoms with Gasteiger partial charge >= 0.3 is 0 Å². The number of rotatable bonds is 8. The van der Waals surface area contributed by atoms with Crippen LogP contribution in [0.15, 0.2) is 24.3 Å². The lowest BCUT2D eigenvalue weighted by Gasteiger charge is -2.26. The number of nitrogens with one attached hydrogen (secondary N) is 1. The first-order chi connectivity index (χ1) is 15.5. The first-order valence-corrected chi connectivity index (χ1v) is 11.9. The number of benzene rings is 1. The van der Waals surface area contributed by atoms with Crippen LogP contribution in [-0.2, 0) is 14.6 Å². The van der Waals surface area contributed by atoms with Gasteiger partial charge in [-0.3, -0.25) is 19.3 Å². The lowest BCUT2D eigenvalue weighted by Crippen LogP contribution is -2.38. The van der Waals surface area contributed by atoms with E-state index in [-0.39, 0.29) is 40.7 Å². The summed E-state index contributed by atoms with van der Waals surface area (Å²) in [6.07, 6.45) is 0.952. The summed E-state index contributed by atoms with van der Waals surface area (Å²) in [5.74, 6) is -3.53. The molecule has 3 amide bonds. The summed E-state index contributed by atoms with van der Waals surface area (Å²) < 4.78 is 49.2. The van der Waals surface area contributed by atoms with E-state index >= 15 is 0 Å². The fourth-order valence-corrected chi connectivity index (χ4v) is 4.42. The Hall–Kier alpha value is -3.54. The number of fused-ring (bicyclic) bond motifs is 1. The smallest absolute Gasteiger partial charge is 0.264 e. The largest absolute Gasteiger partial charge is 0.491 e. The maximum atomic E-state index is 14.1. The SMILES string of the molecule is CCOc1nc([C@@H](CS(C)(=O)=O)N2C(=O)c3cc(F)cc(NC(C)=O)c3C2=O)ccc1OC. The lowest BCUT2D eigenvalue weighted by atomic mass is 10.1. The minimum absolute atomic E-state index is 0.0533. The number of methoxy groups -OCH3 is 1. The van der Waals surface area contributed by atoms with E-state index in [1.54, 1.807) is 6.92 Å². The van der Waals surface area contributed by atoms with E-state index in [1.165, 1.54) is 26.2 Å². The molecule has 0 unspecified atom stereocenters. The minimum atomic E-state index is -3.72. The molecule has 0 radical (unpaired) electrons. The Morgan fingerprint density at radius 1 is 1.24 bits per heavy atom. The van der Waals surface area contributed by atoms with Crippen molar-refractivity contribution in [3.8, 4) is 11.6 Å². The van der Waals surface area contributed by atoms with Crippen LogP contribution in [0, 0.1) is 5.82 Å². The average molecular weight is 479 g/mol. The van der Waals surface area contributed by atoms with Gasteiger partial charge in [0, 0.05) is 13.2 Å². The zero-order valence-corrected chi connectivity index (χ0v) is 19.2. The Balaban J connectivity index is 2.16. The van der Waals surface area contributed by atoms with Gasteiger partial charge in [-0.2, -0.15) is 0 Å². The van der Waals surface area contributed by atoms with E-state index in [9.17, 15) is 27.2 Å². The highest BCUT2D eigenvalue weighted by atomic mass is 32.2. The molecule has 1 aliphatic rings. The third kappa shape index (κ3) is 4.95. The molecule has 3 rings (SSSR count). The van der Waals surface area contributed by atoms with Crippen LogP contribution in [0.3, 0.4) is 0 Å². The van der Waals surface area contributed by atoms with Gasteiger partial charge in [0.05, 0.1) is 48.0 Å². The Morgan fingerprint density at radius 3 is 2.52 bits per heavy atom. The highest BCUT2D eigenvalue weighted by molar-refractivity contribution is 7.90. The van der Waals surface area contributed by atoms with Crippen molar-refractivity contribution >= 4 is 33.2 Å². The first-order valence-electron chi connectivity index (χ1n) is 9.81. The Bertz CT molecular complexity index is 1250. The van der Waals surface area contributed by atoms with Crippen molar-refractivity contribution in [1.82, 2.24) is 9.88 Å². The van der Waals surface area contributed by atoms with Gasteiger partial charge in [-0.15, -0.1) is 0 Å². The number of hydrogen-bond acceptors (Lipinski definition) is 8. The molecule has 2 aromatic rings. The number of carbonyl (C=O) groups is 3. The summed E-state index contributed by atoms with van der Waals surface area (Å²) in [5, 5.41) is 2.34. The number of amides is 3. The molecule has 0 bridgehead atoms. The molecule has 33 heavy (non-hydrogen) atoms. The number of hydrogen-bond donors (Lipinski definition) is 1. The molecule has 176 valence electrons. The molecule has 1 aromatic heterocycles. The molecule has 10 nitrogen and oxygen atoms in total. The van der Waals surface area contributed by atoms with Gasteiger partial charge in [0.2, 0.25) is 5.91 Å². The zero-order valence-electron chi connectivity index (χ0n) is 18.3. The molecule has 0 spiro atoms. The second-order valence-corrected chi connectivity index (χ2v) is 9.51. The topological polar surface area (TPSA) is 132 Å². The number of aromatic nitrogens is 1. The predicted octanol–water partition coefficient (Wildman–Crippen LogP) is 1.97. The molecule has 0 saturated heterocycles. The number of pyridine rings is 1. The quantitative estimate of drug-likeness (QED) is 0.569. The lowest BCUT2D eigenvalue weighted by molar-refractivity contribution is -0.114. The van der Waals surface area contributed by atoms with Crippen molar-refractivity contribution in [2.45, 2.75) is 19.9 Å². The summed E-state index contributed by atoms with van der Waals surface area (Å²) in [5.41, 5.74) is -0.649. The molecule has 0 aliphatic carbocycles. The molecule has 0 fully saturated rings. The highest BCUT2D eigenvalue weighted by Crippen LogP contribution is 2.37. The second-order valence-electron chi connectivity index (χ2n) is 7.32. The molecule has 0 saturated carbocycles. The number of ether oxygens (including phenoxy) is 2. The van der Waals surface area contributed by atoms with Gasteiger partial charge in [-0.1, -0.05) is 0 Å². The van der Waals surface area contributed by atoms with Gasteiger partial charge in [0.25, 0.3) is 17.7 Å². The fourth-order valence-electron chi connectivity index (χ4n) is 3.52. The molecular weight excluding hydrogens is 457 g/mol. The molecule has 12 heteroatoms. The maximum Gasteiger partial charge on any atom is 0.264 e. The molecule has 2 heterocycles. The van der Waals surface area contributed by atoms with Crippen LogP contribution in [0.5, 0.6) is 11.6 Å². The van der Waals surface area contributed by atoms with Crippen molar-refractivity contribution < 1.29 is 36.7 Å². The second kappa shape index (κ2) is 9.14. The summed E-state index contributed by atoms with van der Waals surface area (Å²) in [6, 6.07) is 3.33. The average Bonchev–Trinajstić information content (AvgIpc) is 2.95. The summed E-state index contributed by atoms with van der Waals surface area (Å²) in [7, 11) is -2.32. The third-order valence-corrected chi connectivity index (χ3v) is 5.68. The normalized spacial score (nSPS) is 14.2. The Kier molecular flexibility index (Phi) is 6.68. The Morgan fingerprint density at radius 2 is 1.94 bits per heavy atom. The van der Waals surface area contributed by atoms with Crippen LogP contribution in [0.25, 0.3) is 0 Å². The van der Waals surface area contributed by atoms with E-state index < -0.39 is 45.2 Å². The van der Waals surface area contributed by atoms with E-state index in [2.05, 4.69) is 10.3 Å². The van der Waals surface area contributed by atoms with Gasteiger partial charge in [0.1, 0.15) is 15.7 Å². The van der Waals surface area contributed by atoms with Crippen molar-refractivity contribution in [3.63, 3.8) is 0 Å². The number of halogens is 1. The minimum Gasteiger partial charge on any atom is -0.491 e. The zero-order chi connectivity index (χ0) is 24.5. The van der Waals surface area contributed by atoms with Gasteiger partial charge < -0.3 is 14.8 Å². The third-order valence-electron chi connectivity index (χ3n) is 4.76. The monoisotopic (exact) mass is 479 g/mol. The van der Waals surface area contributed by atoms with Crippen molar-refractivity contribution in [2.24, 2.45) is 0 Å². The van der Waals surface area contributed by atoms with Crippen LogP contribution >= 0.6 is 0 Å². The maximum absolute atomic E-state index is 14.1. The van der Waals surface area contributed by atoms with Crippen molar-refractivity contribution in [3.05, 3.63) is 46.9 Å². The summed E-state index contributed by atoms with van der Waals surface area (Å²) >= 11 is 0. The number of imide groups is 1. The van der Waals surface area contributed by atoms with Crippen LogP contribution < -0.4 is 14.8 Å². The number of carbonyl (C=O) groups excluding carboxylic acids is 3. The first kappa shape index (κ1) is 24.1. The summed E-state index contributed by atoms with van der Waals surface area (Å²) in [6.45, 7) is 3.11. The summed E-state index contributed by atoms with van der Waals surface area (Å²) in [4.78, 5) is 43.0. The molecule has 1 aliphatic heterocycles. The van der Waals surface area contributed by atoms with Crippen LogP contribution in [0.4, 0.5) is 10.1 Å². The van der Waals surface area contributed by atoms with Crippen molar-refractivity contribution in [1.29, 1.82) is 0 Å². The van der Waals surface area contributed by atoms with E-state index in [0.717, 1.165) is 18.4 Å². The van der Waals surface area contributed by atoms with Crippen LogP contribution in [0.1, 0.15) is 46.3 Å². The highest BCUT2D eigenvalue weighted by Gasteiger charge is 2.44. The van der Waals surface area contributed by atoms with Crippen LogP contribution in [0.2, 0.25) is 0 Å². The molecular formula is C21H22FN3O7S. The fraction of sp³-hybridized carbons (Fsp3) is 0.333. The Labute approximate surface area is 189 Å². The van der Waals surface area contributed by atoms with Crippen LogP contribution in [-0.4, -0.2) is 61.7 Å². The van der Waals surface area contributed by atoms with E-state index in [1.807, 2.05) is 0 Å². The molecule has 1 atom stereocenters. The number of anilines is 1. The van der Waals surface area contributed by atoms with Gasteiger partial charge in [-0.25, -0.2) is 17.8 Å². The molecule has 1 aromatic carbocycles. The van der Waals surface area contributed by atoms with Gasteiger partial charge in [0.15, 0.2) is 5.75 Å². The standard InChI is InChI=1S/C21H22FN3O7S/c1-5-32-19-17(31-3)7-6-14(24-19)16(10-33(4,29)30)25-20(27)13-8-12(22)9-15(23-11(2)26)18(13)21(25)28/h6-9,16H,5,10H2,1-4H3,(H,23,26)/t16-/m1/s1.